The third kappa shape index (κ3) is 5.75. The smallest absolute Gasteiger partial charge is 0.343 e. The minimum absolute atomic E-state index is 0.121. The van der Waals surface area contributed by atoms with E-state index in [1.807, 2.05) is 0 Å². The number of carbonyl (C=O) groups excluding carboxylic acids is 3. The molecule has 0 aliphatic carbocycles. The SMILES string of the molecule is COc1ccc(C(=O)Oc2c(Br)cc(/C=C3\SC(=O)N(Cc4cccc(Cl)c4)C3=O)cc2OC)cc1. The number of rotatable bonds is 7. The van der Waals surface area contributed by atoms with Gasteiger partial charge in [0.2, 0.25) is 0 Å². The number of ether oxygens (including phenoxy) is 3. The number of benzene rings is 3. The zero-order chi connectivity index (χ0) is 25.8. The van der Waals surface area contributed by atoms with Crippen molar-refractivity contribution < 1.29 is 28.6 Å². The monoisotopic (exact) mass is 587 g/mol. The molecule has 3 aromatic carbocycles. The van der Waals surface area contributed by atoms with Gasteiger partial charge in [-0.15, -0.1) is 0 Å². The van der Waals surface area contributed by atoms with Crippen molar-refractivity contribution in [3.05, 3.63) is 91.8 Å². The quantitative estimate of drug-likeness (QED) is 0.175. The van der Waals surface area contributed by atoms with E-state index in [4.69, 9.17) is 25.8 Å². The van der Waals surface area contributed by atoms with Crippen LogP contribution in [-0.4, -0.2) is 36.2 Å². The number of amides is 2. The Morgan fingerprint density at radius 3 is 2.47 bits per heavy atom. The molecule has 2 amide bonds. The lowest BCUT2D eigenvalue weighted by molar-refractivity contribution is -0.123. The molecule has 4 rings (SSSR count). The zero-order valence-electron chi connectivity index (χ0n) is 19.1. The molecular weight excluding hydrogens is 570 g/mol. The van der Waals surface area contributed by atoms with Crippen LogP contribution in [0.15, 0.2) is 70.0 Å². The van der Waals surface area contributed by atoms with Gasteiger partial charge < -0.3 is 14.2 Å². The molecule has 10 heteroatoms. The lowest BCUT2D eigenvalue weighted by atomic mass is 10.1. The van der Waals surface area contributed by atoms with Crippen LogP contribution in [0.2, 0.25) is 5.02 Å². The number of carbonyl (C=O) groups is 3. The first-order chi connectivity index (χ1) is 17.3. The summed E-state index contributed by atoms with van der Waals surface area (Å²) in [5.41, 5.74) is 1.66. The third-order valence-electron chi connectivity index (χ3n) is 5.17. The highest BCUT2D eigenvalue weighted by atomic mass is 79.9. The molecule has 0 atom stereocenters. The Morgan fingerprint density at radius 2 is 1.81 bits per heavy atom. The van der Waals surface area contributed by atoms with Gasteiger partial charge in [-0.05, 0) is 93.4 Å². The van der Waals surface area contributed by atoms with Crippen molar-refractivity contribution in [1.82, 2.24) is 4.90 Å². The summed E-state index contributed by atoms with van der Waals surface area (Å²) in [7, 11) is 2.98. The summed E-state index contributed by atoms with van der Waals surface area (Å²) in [4.78, 5) is 39.5. The summed E-state index contributed by atoms with van der Waals surface area (Å²) in [6.07, 6.45) is 1.59. The normalized spacial score (nSPS) is 14.3. The van der Waals surface area contributed by atoms with Crippen LogP contribution < -0.4 is 14.2 Å². The fourth-order valence-electron chi connectivity index (χ4n) is 3.41. The summed E-state index contributed by atoms with van der Waals surface area (Å²) in [5.74, 6) is 0.0911. The summed E-state index contributed by atoms with van der Waals surface area (Å²) in [6.45, 7) is 0.121. The average molecular weight is 589 g/mol. The van der Waals surface area contributed by atoms with Crippen molar-refractivity contribution in [2.24, 2.45) is 0 Å². The van der Waals surface area contributed by atoms with Crippen LogP contribution in [0.25, 0.3) is 6.08 Å². The molecule has 1 aliphatic rings. The van der Waals surface area contributed by atoms with Gasteiger partial charge in [0.15, 0.2) is 11.5 Å². The van der Waals surface area contributed by atoms with Crippen molar-refractivity contribution >= 4 is 62.5 Å². The molecule has 0 radical (unpaired) electrons. The molecule has 184 valence electrons. The van der Waals surface area contributed by atoms with Crippen molar-refractivity contribution in [2.75, 3.05) is 14.2 Å². The number of methoxy groups -OCH3 is 2. The van der Waals surface area contributed by atoms with Crippen molar-refractivity contribution in [3.63, 3.8) is 0 Å². The van der Waals surface area contributed by atoms with Crippen LogP contribution in [0.4, 0.5) is 4.79 Å². The predicted molar refractivity (Wildman–Crippen MR) is 142 cm³/mol. The Morgan fingerprint density at radius 1 is 1.06 bits per heavy atom. The Hall–Kier alpha value is -3.27. The van der Waals surface area contributed by atoms with Crippen LogP contribution in [-0.2, 0) is 11.3 Å². The Kier molecular flexibility index (Phi) is 8.03. The Labute approximate surface area is 225 Å². The fourth-order valence-corrected chi connectivity index (χ4v) is 5.00. The Balaban J connectivity index is 1.55. The zero-order valence-corrected chi connectivity index (χ0v) is 22.3. The first-order valence-electron chi connectivity index (χ1n) is 10.5. The molecule has 1 fully saturated rings. The maximum Gasteiger partial charge on any atom is 0.343 e. The minimum Gasteiger partial charge on any atom is -0.497 e. The van der Waals surface area contributed by atoms with E-state index in [0.29, 0.717) is 26.4 Å². The predicted octanol–water partition coefficient (Wildman–Crippen LogP) is 6.58. The number of hydrogen-bond acceptors (Lipinski definition) is 7. The highest BCUT2D eigenvalue weighted by Crippen LogP contribution is 2.40. The molecule has 0 spiro atoms. The van der Waals surface area contributed by atoms with Gasteiger partial charge >= 0.3 is 5.97 Å². The second-order valence-electron chi connectivity index (χ2n) is 7.55. The summed E-state index contributed by atoms with van der Waals surface area (Å²) in [5, 5.41) is 0.155. The van der Waals surface area contributed by atoms with Gasteiger partial charge in [0, 0.05) is 5.02 Å². The maximum atomic E-state index is 12.9. The van der Waals surface area contributed by atoms with Crippen LogP contribution in [0.3, 0.4) is 0 Å². The number of halogens is 2. The van der Waals surface area contributed by atoms with Gasteiger partial charge in [-0.3, -0.25) is 14.5 Å². The first-order valence-corrected chi connectivity index (χ1v) is 12.5. The van der Waals surface area contributed by atoms with E-state index in [1.54, 1.807) is 66.7 Å². The number of esters is 1. The lowest BCUT2D eigenvalue weighted by Crippen LogP contribution is -2.27. The van der Waals surface area contributed by atoms with Crippen LogP contribution in [0, 0.1) is 0 Å². The van der Waals surface area contributed by atoms with E-state index in [2.05, 4.69) is 15.9 Å². The molecule has 1 heterocycles. The van der Waals surface area contributed by atoms with E-state index >= 15 is 0 Å². The topological polar surface area (TPSA) is 82.1 Å². The van der Waals surface area contributed by atoms with Gasteiger partial charge in [-0.25, -0.2) is 4.79 Å². The van der Waals surface area contributed by atoms with Gasteiger partial charge in [0.05, 0.1) is 35.7 Å². The van der Waals surface area contributed by atoms with E-state index in [1.165, 1.54) is 19.1 Å². The number of nitrogens with zero attached hydrogens (tertiary/aromatic N) is 1. The van der Waals surface area contributed by atoms with Gasteiger partial charge in [0.1, 0.15) is 5.75 Å². The molecule has 3 aromatic rings. The summed E-state index contributed by atoms with van der Waals surface area (Å²) < 4.78 is 16.5. The van der Waals surface area contributed by atoms with Gasteiger partial charge in [-0.2, -0.15) is 0 Å². The van der Waals surface area contributed by atoms with Crippen LogP contribution in [0.1, 0.15) is 21.5 Å². The first kappa shape index (κ1) is 25.8. The Bertz CT molecular complexity index is 1380. The number of thioether (sulfide) groups is 1. The lowest BCUT2D eigenvalue weighted by Gasteiger charge is -2.13. The summed E-state index contributed by atoms with van der Waals surface area (Å²) in [6, 6.07) is 16.8. The van der Waals surface area contributed by atoms with Crippen molar-refractivity contribution in [1.29, 1.82) is 0 Å². The van der Waals surface area contributed by atoms with Gasteiger partial charge in [-0.1, -0.05) is 23.7 Å². The second kappa shape index (κ2) is 11.2. The molecule has 0 N–H and O–H groups in total. The third-order valence-corrected chi connectivity index (χ3v) is 6.90. The molecule has 0 bridgehead atoms. The molecule has 0 unspecified atom stereocenters. The molecule has 1 aliphatic heterocycles. The number of hydrogen-bond donors (Lipinski definition) is 0. The molecule has 1 saturated heterocycles. The molecule has 36 heavy (non-hydrogen) atoms. The molecular formula is C26H19BrClNO6S. The molecule has 0 saturated carbocycles. The molecule has 7 nitrogen and oxygen atoms in total. The van der Waals surface area contributed by atoms with E-state index in [0.717, 1.165) is 17.3 Å². The van der Waals surface area contributed by atoms with Crippen molar-refractivity contribution in [2.45, 2.75) is 6.54 Å². The standard InChI is InChI=1S/C26H19BrClNO6S/c1-33-19-8-6-17(7-9-19)25(31)35-23-20(27)11-16(12-21(23)34-2)13-22-24(30)29(26(32)36-22)14-15-4-3-5-18(28)10-15/h3-13H,14H2,1-2H3/b22-13-. The van der Waals surface area contributed by atoms with Gasteiger partial charge in [0.25, 0.3) is 11.1 Å². The highest BCUT2D eigenvalue weighted by molar-refractivity contribution is 9.10. The van der Waals surface area contributed by atoms with E-state index in [-0.39, 0.29) is 28.2 Å². The highest BCUT2D eigenvalue weighted by Gasteiger charge is 2.35. The number of imide groups is 1. The second-order valence-corrected chi connectivity index (χ2v) is 9.83. The summed E-state index contributed by atoms with van der Waals surface area (Å²) >= 11 is 10.3. The largest absolute Gasteiger partial charge is 0.497 e. The van der Waals surface area contributed by atoms with Crippen LogP contribution in [0.5, 0.6) is 17.2 Å². The van der Waals surface area contributed by atoms with E-state index < -0.39 is 11.9 Å². The fraction of sp³-hybridized carbons (Fsp3) is 0.115. The minimum atomic E-state index is -0.577. The average Bonchev–Trinajstić information content (AvgIpc) is 3.12. The molecule has 0 aromatic heterocycles. The van der Waals surface area contributed by atoms with E-state index in [9.17, 15) is 14.4 Å². The van der Waals surface area contributed by atoms with Crippen molar-refractivity contribution in [3.8, 4) is 17.2 Å². The maximum absolute atomic E-state index is 12.9. The van der Waals surface area contributed by atoms with Crippen LogP contribution >= 0.6 is 39.3 Å².